The Bertz CT molecular complexity index is 383. The second-order valence-corrected chi connectivity index (χ2v) is 11.3. The summed E-state index contributed by atoms with van der Waals surface area (Å²) >= 11 is 5.00. The van der Waals surface area contributed by atoms with Crippen LogP contribution >= 0.6 is 27.7 Å². The van der Waals surface area contributed by atoms with Crippen molar-refractivity contribution >= 4 is 41.0 Å². The van der Waals surface area contributed by atoms with E-state index in [4.69, 9.17) is 0 Å². The molecule has 0 fully saturated rings. The van der Waals surface area contributed by atoms with Gasteiger partial charge in [0.25, 0.3) is 0 Å². The van der Waals surface area contributed by atoms with Crippen molar-refractivity contribution in [3.63, 3.8) is 0 Å². The molecule has 0 nitrogen and oxygen atoms in total. The molecule has 0 unspecified atom stereocenters. The Balaban J connectivity index is 3.42. The van der Waals surface area contributed by atoms with E-state index in [9.17, 15) is 4.39 Å². The summed E-state index contributed by atoms with van der Waals surface area (Å²) in [6.07, 6.45) is 1.93. The first-order valence-electron chi connectivity index (χ1n) is 6.08. The van der Waals surface area contributed by atoms with Crippen LogP contribution < -0.4 is 5.19 Å². The van der Waals surface area contributed by atoms with Crippen LogP contribution in [-0.4, -0.2) is 14.3 Å². The van der Waals surface area contributed by atoms with Crippen molar-refractivity contribution in [1.82, 2.24) is 0 Å². The van der Waals surface area contributed by atoms with Crippen LogP contribution in [-0.2, 0) is 0 Å². The van der Waals surface area contributed by atoms with Gasteiger partial charge in [0, 0.05) is 9.37 Å². The Morgan fingerprint density at radius 3 is 2.12 bits per heavy atom. The minimum Gasteiger partial charge on any atom is -0.206 e. The molecule has 0 aliphatic heterocycles. The summed E-state index contributed by atoms with van der Waals surface area (Å²) in [4.78, 5) is 0.765. The lowest BCUT2D eigenvalue weighted by atomic mass is 10.3. The summed E-state index contributed by atoms with van der Waals surface area (Å²) < 4.78 is 15.5. The van der Waals surface area contributed by atoms with E-state index < -0.39 is 8.07 Å². The van der Waals surface area contributed by atoms with Gasteiger partial charge in [-0.05, 0) is 23.6 Å². The molecule has 0 amide bonds. The van der Waals surface area contributed by atoms with Crippen LogP contribution in [0.3, 0.4) is 0 Å². The molecule has 1 rings (SSSR count). The highest BCUT2D eigenvalue weighted by Crippen LogP contribution is 2.28. The Labute approximate surface area is 118 Å². The zero-order valence-corrected chi connectivity index (χ0v) is 14.3. The molecule has 17 heavy (non-hydrogen) atoms. The number of rotatable bonds is 5. The van der Waals surface area contributed by atoms with Gasteiger partial charge in [-0.2, -0.15) is 0 Å². The van der Waals surface area contributed by atoms with Crippen molar-refractivity contribution in [3.8, 4) is 0 Å². The Kier molecular flexibility index (Phi) is 5.73. The molecule has 0 saturated carbocycles. The van der Waals surface area contributed by atoms with Crippen LogP contribution in [0.4, 0.5) is 4.39 Å². The first-order valence-corrected chi connectivity index (χ1v) is 10.7. The number of thioether (sulfide) groups is 1. The first kappa shape index (κ1) is 15.3. The van der Waals surface area contributed by atoms with Gasteiger partial charge in [0.1, 0.15) is 5.82 Å². The van der Waals surface area contributed by atoms with Gasteiger partial charge in [0.2, 0.25) is 0 Å². The van der Waals surface area contributed by atoms with Gasteiger partial charge in [-0.15, -0.1) is 11.8 Å². The molecule has 0 radical (unpaired) electrons. The molecule has 0 aromatic heterocycles. The van der Waals surface area contributed by atoms with E-state index in [1.807, 2.05) is 18.4 Å². The molecule has 0 aliphatic rings. The smallest absolute Gasteiger partial charge is 0.136 e. The average Bonchev–Trinajstić information content (AvgIpc) is 2.35. The van der Waals surface area contributed by atoms with Crippen LogP contribution in [0.5, 0.6) is 0 Å². The van der Waals surface area contributed by atoms with E-state index in [0.29, 0.717) is 0 Å². The molecule has 0 aliphatic carbocycles. The van der Waals surface area contributed by atoms with E-state index >= 15 is 0 Å². The molecular weight excluding hydrogens is 315 g/mol. The molecular formula is C13H20BrFSSi. The highest BCUT2D eigenvalue weighted by molar-refractivity contribution is 9.10. The molecule has 0 N–H and O–H groups in total. The van der Waals surface area contributed by atoms with Crippen LogP contribution in [0.15, 0.2) is 21.5 Å². The highest BCUT2D eigenvalue weighted by atomic mass is 79.9. The van der Waals surface area contributed by atoms with Crippen LogP contribution in [0.1, 0.15) is 20.8 Å². The number of hydrogen-bond acceptors (Lipinski definition) is 1. The van der Waals surface area contributed by atoms with E-state index in [0.717, 1.165) is 32.7 Å². The van der Waals surface area contributed by atoms with Crippen molar-refractivity contribution in [3.05, 3.63) is 22.4 Å². The van der Waals surface area contributed by atoms with Crippen LogP contribution in [0, 0.1) is 5.82 Å². The third-order valence-corrected chi connectivity index (χ3v) is 10.6. The predicted octanol–water partition coefficient (Wildman–Crippen LogP) is 5.03. The second-order valence-electron chi connectivity index (χ2n) is 4.31. The predicted molar refractivity (Wildman–Crippen MR) is 82.7 cm³/mol. The summed E-state index contributed by atoms with van der Waals surface area (Å²) in [5.41, 5.74) is 0. The molecule has 0 saturated heterocycles. The van der Waals surface area contributed by atoms with E-state index in [-0.39, 0.29) is 5.82 Å². The number of benzene rings is 1. The van der Waals surface area contributed by atoms with E-state index in [1.54, 1.807) is 0 Å². The second kappa shape index (κ2) is 6.39. The summed E-state index contributed by atoms with van der Waals surface area (Å²) in [6.45, 7) is 6.62. The molecule has 1 aromatic carbocycles. The molecule has 0 heterocycles. The Hall–Kier alpha value is 0.197. The summed E-state index contributed by atoms with van der Waals surface area (Å²) in [5, 5.41) is 1.00. The Morgan fingerprint density at radius 1 is 1.18 bits per heavy atom. The number of hydrogen-bond donors (Lipinski definition) is 0. The fourth-order valence-corrected chi connectivity index (χ4v) is 7.57. The summed E-state index contributed by atoms with van der Waals surface area (Å²) in [6, 6.07) is 7.23. The lowest BCUT2D eigenvalue weighted by molar-refractivity contribution is 0.608. The largest absolute Gasteiger partial charge is 0.206 e. The van der Waals surface area contributed by atoms with Crippen LogP contribution in [0.2, 0.25) is 18.1 Å². The SMILES string of the molecule is CC[Si](CC)(CC)c1cc(Br)cc(SC)c1F. The fourth-order valence-electron chi connectivity index (χ4n) is 2.42. The average molecular weight is 335 g/mol. The maximum Gasteiger partial charge on any atom is 0.136 e. The molecule has 4 heteroatoms. The van der Waals surface area contributed by atoms with Gasteiger partial charge in [0.05, 0.1) is 8.07 Å². The van der Waals surface area contributed by atoms with Gasteiger partial charge in [-0.1, -0.05) is 54.8 Å². The zero-order valence-electron chi connectivity index (χ0n) is 10.9. The van der Waals surface area contributed by atoms with E-state index in [2.05, 4.69) is 36.7 Å². The van der Waals surface area contributed by atoms with Gasteiger partial charge in [-0.3, -0.25) is 0 Å². The highest BCUT2D eigenvalue weighted by Gasteiger charge is 2.33. The molecule has 0 atom stereocenters. The zero-order chi connectivity index (χ0) is 13.1. The van der Waals surface area contributed by atoms with Crippen molar-refractivity contribution in [2.24, 2.45) is 0 Å². The fraction of sp³-hybridized carbons (Fsp3) is 0.538. The van der Waals surface area contributed by atoms with Crippen LogP contribution in [0.25, 0.3) is 0 Å². The molecule has 1 aromatic rings. The minimum absolute atomic E-state index is 0.0258. The third-order valence-electron chi connectivity index (χ3n) is 3.83. The monoisotopic (exact) mass is 334 g/mol. The van der Waals surface area contributed by atoms with Gasteiger partial charge < -0.3 is 0 Å². The van der Waals surface area contributed by atoms with Crippen molar-refractivity contribution in [2.45, 2.75) is 43.8 Å². The quantitative estimate of drug-likeness (QED) is 0.537. The summed E-state index contributed by atoms with van der Waals surface area (Å²) in [5.74, 6) is 0.0258. The molecule has 0 spiro atoms. The third kappa shape index (κ3) is 2.96. The lowest BCUT2D eigenvalue weighted by Crippen LogP contribution is -2.47. The molecule has 0 bridgehead atoms. The lowest BCUT2D eigenvalue weighted by Gasteiger charge is -2.29. The van der Waals surface area contributed by atoms with Gasteiger partial charge in [-0.25, -0.2) is 4.39 Å². The topological polar surface area (TPSA) is 0 Å². The molecule has 96 valence electrons. The van der Waals surface area contributed by atoms with Gasteiger partial charge in [0.15, 0.2) is 0 Å². The van der Waals surface area contributed by atoms with Crippen molar-refractivity contribution < 1.29 is 4.39 Å². The van der Waals surface area contributed by atoms with Crippen molar-refractivity contribution in [1.29, 1.82) is 0 Å². The maximum absolute atomic E-state index is 14.5. The summed E-state index contributed by atoms with van der Waals surface area (Å²) in [7, 11) is -1.64. The maximum atomic E-state index is 14.5. The first-order chi connectivity index (χ1) is 8.04. The Morgan fingerprint density at radius 2 is 1.71 bits per heavy atom. The van der Waals surface area contributed by atoms with Crippen molar-refractivity contribution in [2.75, 3.05) is 6.26 Å². The normalized spacial score (nSPS) is 11.9. The standard InChI is InChI=1S/C13H20BrFSSi/c1-5-17(6-2,7-3)12-9-10(14)8-11(16-4)13(12)15/h8-9H,5-7H2,1-4H3. The van der Waals surface area contributed by atoms with Gasteiger partial charge >= 0.3 is 0 Å². The van der Waals surface area contributed by atoms with E-state index in [1.165, 1.54) is 11.8 Å². The number of halogens is 2. The minimum atomic E-state index is -1.64.